The van der Waals surface area contributed by atoms with Crippen molar-refractivity contribution in [3.63, 3.8) is 0 Å². The van der Waals surface area contributed by atoms with Crippen LogP contribution in [0.2, 0.25) is 0 Å². The summed E-state index contributed by atoms with van der Waals surface area (Å²) in [6, 6.07) is 16.6. The highest BCUT2D eigenvalue weighted by molar-refractivity contribution is 6.05. The van der Waals surface area contributed by atoms with Crippen LogP contribution < -0.4 is 9.47 Å². The number of hydrazone groups is 1. The predicted molar refractivity (Wildman–Crippen MR) is 153 cm³/mol. The fourth-order valence-electron chi connectivity index (χ4n) is 5.12. The average molecular weight is 561 g/mol. The largest absolute Gasteiger partial charge is 0.497 e. The van der Waals surface area contributed by atoms with E-state index in [4.69, 9.17) is 23.7 Å². The molecule has 216 valence electrons. The third-order valence-corrected chi connectivity index (χ3v) is 7.48. The van der Waals surface area contributed by atoms with Crippen molar-refractivity contribution in [1.82, 2.24) is 14.8 Å². The summed E-state index contributed by atoms with van der Waals surface area (Å²) in [6.07, 6.45) is 1.96. The lowest BCUT2D eigenvalue weighted by Gasteiger charge is -2.30. The molecule has 0 saturated carbocycles. The summed E-state index contributed by atoms with van der Waals surface area (Å²) in [6.45, 7) is 5.78. The number of morpholine rings is 1. The number of rotatable bonds is 10. The molecule has 5 rings (SSSR count). The number of nitrogens with zero attached hydrogens (tertiary/aromatic N) is 4. The molecule has 0 bridgehead atoms. The van der Waals surface area contributed by atoms with Gasteiger partial charge in [-0.05, 0) is 36.8 Å². The number of aryl methyl sites for hydroxylation is 1. The van der Waals surface area contributed by atoms with Crippen LogP contribution in [0.25, 0.3) is 0 Å². The maximum atomic E-state index is 14.0. The Morgan fingerprint density at radius 1 is 1.05 bits per heavy atom. The van der Waals surface area contributed by atoms with Crippen molar-refractivity contribution in [1.29, 1.82) is 0 Å². The summed E-state index contributed by atoms with van der Waals surface area (Å²) in [4.78, 5) is 31.2. The molecule has 41 heavy (non-hydrogen) atoms. The van der Waals surface area contributed by atoms with Gasteiger partial charge in [0.05, 0.1) is 45.5 Å². The van der Waals surface area contributed by atoms with Gasteiger partial charge < -0.3 is 23.5 Å². The molecule has 1 saturated heterocycles. The standard InChI is InChI=1S/C31H36N4O6/c1-22-6-8-23(9-7-22)27-20-26(25-11-10-24(38-2)19-29(25)39-3)32-35(27)30(36)21-34(31(37)28-5-4-16-41-28)13-12-33-14-17-40-18-15-33/h4-11,16,19,27H,12-15,17-18,20-21H2,1-3H3/t27-/m0/s1. The molecular formula is C31H36N4O6. The highest BCUT2D eigenvalue weighted by Gasteiger charge is 2.35. The van der Waals surface area contributed by atoms with Gasteiger partial charge in [-0.3, -0.25) is 14.5 Å². The second kappa shape index (κ2) is 13.0. The Hall–Kier alpha value is -4.15. The van der Waals surface area contributed by atoms with Gasteiger partial charge in [0, 0.05) is 44.2 Å². The molecule has 1 aromatic heterocycles. The van der Waals surface area contributed by atoms with Gasteiger partial charge in [0.1, 0.15) is 18.0 Å². The van der Waals surface area contributed by atoms with Crippen LogP contribution in [0.4, 0.5) is 0 Å². The summed E-state index contributed by atoms with van der Waals surface area (Å²) in [5, 5.41) is 6.33. The fourth-order valence-corrected chi connectivity index (χ4v) is 5.12. The lowest BCUT2D eigenvalue weighted by Crippen LogP contribution is -2.46. The van der Waals surface area contributed by atoms with Crippen LogP contribution in [0.5, 0.6) is 11.5 Å². The molecule has 0 spiro atoms. The molecule has 0 N–H and O–H groups in total. The summed E-state index contributed by atoms with van der Waals surface area (Å²) < 4.78 is 21.8. The molecule has 2 amide bonds. The molecule has 10 nitrogen and oxygen atoms in total. The first kappa shape index (κ1) is 28.4. The van der Waals surface area contributed by atoms with E-state index in [0.717, 1.165) is 35.5 Å². The number of methoxy groups -OCH3 is 2. The minimum absolute atomic E-state index is 0.136. The maximum absolute atomic E-state index is 14.0. The first-order valence-corrected chi connectivity index (χ1v) is 13.8. The van der Waals surface area contributed by atoms with E-state index in [2.05, 4.69) is 4.90 Å². The van der Waals surface area contributed by atoms with Crippen LogP contribution in [0.1, 0.15) is 39.7 Å². The number of ether oxygens (including phenoxy) is 3. The number of furan rings is 1. The molecule has 1 atom stereocenters. The van der Waals surface area contributed by atoms with Crippen molar-refractivity contribution in [2.24, 2.45) is 5.10 Å². The van der Waals surface area contributed by atoms with E-state index in [1.54, 1.807) is 37.3 Å². The number of hydrogen-bond acceptors (Lipinski definition) is 8. The number of amides is 2. The average Bonchev–Trinajstić information content (AvgIpc) is 3.71. The minimum Gasteiger partial charge on any atom is -0.497 e. The van der Waals surface area contributed by atoms with Gasteiger partial charge in [0.25, 0.3) is 11.8 Å². The molecule has 10 heteroatoms. The summed E-state index contributed by atoms with van der Waals surface area (Å²) in [7, 11) is 3.20. The fraction of sp³-hybridized carbons (Fsp3) is 0.387. The van der Waals surface area contributed by atoms with Crippen LogP contribution in [0.15, 0.2) is 70.4 Å². The summed E-state index contributed by atoms with van der Waals surface area (Å²) in [5.74, 6) is 0.867. The van der Waals surface area contributed by atoms with Gasteiger partial charge in [-0.15, -0.1) is 0 Å². The Balaban J connectivity index is 1.43. The normalized spacial score (nSPS) is 17.3. The molecular weight excluding hydrogens is 524 g/mol. The van der Waals surface area contributed by atoms with Crippen molar-refractivity contribution < 1.29 is 28.2 Å². The zero-order valence-electron chi connectivity index (χ0n) is 23.7. The highest BCUT2D eigenvalue weighted by Crippen LogP contribution is 2.36. The summed E-state index contributed by atoms with van der Waals surface area (Å²) >= 11 is 0. The number of hydrogen-bond donors (Lipinski definition) is 0. The molecule has 2 aliphatic heterocycles. The van der Waals surface area contributed by atoms with Gasteiger partial charge in [-0.2, -0.15) is 5.10 Å². The van der Waals surface area contributed by atoms with Gasteiger partial charge in [-0.25, -0.2) is 5.01 Å². The van der Waals surface area contributed by atoms with E-state index < -0.39 is 0 Å². The highest BCUT2D eigenvalue weighted by atomic mass is 16.5. The van der Waals surface area contributed by atoms with E-state index in [-0.39, 0.29) is 30.2 Å². The SMILES string of the molecule is COc1ccc(C2=NN(C(=O)CN(CCN3CCOCC3)C(=O)c3ccco3)[C@H](c3ccc(C)cc3)C2)c(OC)c1. The maximum Gasteiger partial charge on any atom is 0.290 e. The predicted octanol–water partition coefficient (Wildman–Crippen LogP) is 3.76. The van der Waals surface area contributed by atoms with Gasteiger partial charge >= 0.3 is 0 Å². The number of carbonyl (C=O) groups excluding carboxylic acids is 2. The first-order valence-electron chi connectivity index (χ1n) is 13.8. The second-order valence-corrected chi connectivity index (χ2v) is 10.1. The van der Waals surface area contributed by atoms with E-state index in [1.807, 2.05) is 43.3 Å². The Morgan fingerprint density at radius 2 is 1.83 bits per heavy atom. The van der Waals surface area contributed by atoms with Crippen LogP contribution in [-0.2, 0) is 9.53 Å². The third-order valence-electron chi connectivity index (χ3n) is 7.48. The molecule has 2 aromatic carbocycles. The van der Waals surface area contributed by atoms with Crippen molar-refractivity contribution >= 4 is 17.5 Å². The number of benzene rings is 2. The van der Waals surface area contributed by atoms with E-state index in [1.165, 1.54) is 11.3 Å². The third kappa shape index (κ3) is 6.61. The topological polar surface area (TPSA) is 97.1 Å². The zero-order valence-corrected chi connectivity index (χ0v) is 23.7. The van der Waals surface area contributed by atoms with Gasteiger partial charge in [0.2, 0.25) is 0 Å². The Bertz CT molecular complexity index is 1370. The molecule has 1 fully saturated rings. The number of carbonyl (C=O) groups is 2. The van der Waals surface area contributed by atoms with Gasteiger partial charge in [-0.1, -0.05) is 29.8 Å². The lowest BCUT2D eigenvalue weighted by molar-refractivity contribution is -0.133. The molecule has 0 unspecified atom stereocenters. The van der Waals surface area contributed by atoms with Crippen LogP contribution >= 0.6 is 0 Å². The van der Waals surface area contributed by atoms with Crippen LogP contribution in [0.3, 0.4) is 0 Å². The Kier molecular flexibility index (Phi) is 9.01. The quantitative estimate of drug-likeness (QED) is 0.373. The second-order valence-electron chi connectivity index (χ2n) is 10.1. The molecule has 2 aliphatic rings. The van der Waals surface area contributed by atoms with Crippen molar-refractivity contribution in [2.75, 3.05) is 60.2 Å². The lowest BCUT2D eigenvalue weighted by atomic mass is 9.97. The molecule has 0 aliphatic carbocycles. The molecule has 3 aromatic rings. The molecule has 0 radical (unpaired) electrons. The van der Waals surface area contributed by atoms with Gasteiger partial charge in [0.15, 0.2) is 5.76 Å². The minimum atomic E-state index is -0.330. The Morgan fingerprint density at radius 3 is 2.51 bits per heavy atom. The van der Waals surface area contributed by atoms with Crippen molar-refractivity contribution in [3.05, 3.63) is 83.3 Å². The summed E-state index contributed by atoms with van der Waals surface area (Å²) in [5.41, 5.74) is 3.60. The smallest absolute Gasteiger partial charge is 0.290 e. The van der Waals surface area contributed by atoms with Crippen molar-refractivity contribution in [2.45, 2.75) is 19.4 Å². The van der Waals surface area contributed by atoms with Crippen LogP contribution in [0, 0.1) is 6.92 Å². The zero-order chi connectivity index (χ0) is 28.8. The van der Waals surface area contributed by atoms with E-state index in [0.29, 0.717) is 44.2 Å². The van der Waals surface area contributed by atoms with Crippen molar-refractivity contribution in [3.8, 4) is 11.5 Å². The monoisotopic (exact) mass is 560 g/mol. The Labute approximate surface area is 240 Å². The van der Waals surface area contributed by atoms with E-state index >= 15 is 0 Å². The van der Waals surface area contributed by atoms with E-state index in [9.17, 15) is 9.59 Å². The van der Waals surface area contributed by atoms with Crippen LogP contribution in [-0.4, -0.2) is 92.5 Å². The molecule has 3 heterocycles. The first-order chi connectivity index (χ1) is 20.0.